The molecule has 0 aliphatic rings. The maximum Gasteiger partial charge on any atom is 0.337 e. The van der Waals surface area contributed by atoms with Crippen LogP contribution in [0.2, 0.25) is 0 Å². The van der Waals surface area contributed by atoms with Crippen LogP contribution in [0.15, 0.2) is 42.5 Å². The summed E-state index contributed by atoms with van der Waals surface area (Å²) in [5, 5.41) is 0. The molecule has 0 heterocycles. The van der Waals surface area contributed by atoms with Crippen LogP contribution in [-0.2, 0) is 10.2 Å². The molecule has 0 aromatic heterocycles. The Morgan fingerprint density at radius 2 is 1.74 bits per heavy atom. The van der Waals surface area contributed by atoms with Gasteiger partial charge in [-0.15, -0.1) is 6.42 Å². The van der Waals surface area contributed by atoms with Gasteiger partial charge in [0, 0.05) is 11.1 Å². The lowest BCUT2D eigenvalue weighted by Gasteiger charge is -2.23. The number of hydrogen-bond acceptors (Lipinski definition) is 3. The molecule has 2 aromatic rings. The molecule has 0 unspecified atom stereocenters. The van der Waals surface area contributed by atoms with Gasteiger partial charge in [0.05, 0.1) is 12.7 Å². The zero-order valence-electron chi connectivity index (χ0n) is 13.8. The largest absolute Gasteiger partial charge is 0.465 e. The summed E-state index contributed by atoms with van der Waals surface area (Å²) in [4.78, 5) is 11.5. The Labute approximate surface area is 137 Å². The van der Waals surface area contributed by atoms with Gasteiger partial charge in [-0.1, -0.05) is 32.8 Å². The molecule has 0 saturated carbocycles. The monoisotopic (exact) mass is 308 g/mol. The van der Waals surface area contributed by atoms with E-state index in [2.05, 4.69) is 31.4 Å². The number of carbonyl (C=O) groups is 1. The van der Waals surface area contributed by atoms with E-state index in [1.807, 2.05) is 18.2 Å². The molecular formula is C20H20O3. The van der Waals surface area contributed by atoms with Gasteiger partial charge >= 0.3 is 5.97 Å². The van der Waals surface area contributed by atoms with E-state index in [4.69, 9.17) is 11.2 Å². The Morgan fingerprint density at radius 1 is 1.09 bits per heavy atom. The third-order valence-corrected chi connectivity index (χ3v) is 3.46. The molecule has 3 nitrogen and oxygen atoms in total. The second-order valence-electron chi connectivity index (χ2n) is 6.22. The first-order chi connectivity index (χ1) is 10.8. The maximum atomic E-state index is 11.5. The Morgan fingerprint density at radius 3 is 2.26 bits per heavy atom. The molecule has 0 amide bonds. The van der Waals surface area contributed by atoms with Gasteiger partial charge in [-0.3, -0.25) is 0 Å². The summed E-state index contributed by atoms with van der Waals surface area (Å²) in [6, 6.07) is 12.6. The summed E-state index contributed by atoms with van der Waals surface area (Å²) >= 11 is 0. The minimum Gasteiger partial charge on any atom is -0.465 e. The third kappa shape index (κ3) is 3.92. The van der Waals surface area contributed by atoms with Crippen LogP contribution in [0, 0.1) is 12.3 Å². The van der Waals surface area contributed by atoms with E-state index in [1.54, 1.807) is 24.3 Å². The predicted molar refractivity (Wildman–Crippen MR) is 90.9 cm³/mol. The standard InChI is InChI=1S/C20H20O3/c1-6-14-7-12-17(20(2,3)4)18(13-14)23-16-10-8-15(9-11-16)19(21)22-5/h1,7-13H,2-5H3. The quantitative estimate of drug-likeness (QED) is 0.616. The van der Waals surface area contributed by atoms with Crippen molar-refractivity contribution in [1.29, 1.82) is 0 Å². The lowest BCUT2D eigenvalue weighted by atomic mass is 9.86. The van der Waals surface area contributed by atoms with Gasteiger partial charge in [-0.25, -0.2) is 4.79 Å². The number of methoxy groups -OCH3 is 1. The van der Waals surface area contributed by atoms with Crippen molar-refractivity contribution in [3.05, 3.63) is 59.2 Å². The Kier molecular flexibility index (Phi) is 4.76. The van der Waals surface area contributed by atoms with E-state index >= 15 is 0 Å². The van der Waals surface area contributed by atoms with Crippen molar-refractivity contribution in [2.45, 2.75) is 26.2 Å². The molecule has 2 rings (SSSR count). The SMILES string of the molecule is C#Cc1ccc(C(C)(C)C)c(Oc2ccc(C(=O)OC)cc2)c1. The number of esters is 1. The molecule has 23 heavy (non-hydrogen) atoms. The van der Waals surface area contributed by atoms with Crippen LogP contribution < -0.4 is 4.74 Å². The molecule has 118 valence electrons. The van der Waals surface area contributed by atoms with Crippen LogP contribution in [0.5, 0.6) is 11.5 Å². The minimum atomic E-state index is -0.374. The number of carbonyl (C=O) groups excluding carboxylic acids is 1. The van der Waals surface area contributed by atoms with Gasteiger partial charge in [0.25, 0.3) is 0 Å². The van der Waals surface area contributed by atoms with Crippen LogP contribution >= 0.6 is 0 Å². The maximum absolute atomic E-state index is 11.5. The van der Waals surface area contributed by atoms with Crippen molar-refractivity contribution in [1.82, 2.24) is 0 Å². The number of rotatable bonds is 3. The van der Waals surface area contributed by atoms with Crippen molar-refractivity contribution in [3.8, 4) is 23.8 Å². The predicted octanol–water partition coefficient (Wildman–Crippen LogP) is 4.54. The highest BCUT2D eigenvalue weighted by Gasteiger charge is 2.19. The molecule has 2 aromatic carbocycles. The highest BCUT2D eigenvalue weighted by atomic mass is 16.5. The summed E-state index contributed by atoms with van der Waals surface area (Å²) in [6.45, 7) is 6.35. The fraction of sp³-hybridized carbons (Fsp3) is 0.250. The summed E-state index contributed by atoms with van der Waals surface area (Å²) in [5.74, 6) is 3.61. The summed E-state index contributed by atoms with van der Waals surface area (Å²) in [6.07, 6.45) is 5.48. The number of terminal acetylenes is 1. The van der Waals surface area contributed by atoms with Crippen molar-refractivity contribution in [2.75, 3.05) is 7.11 Å². The normalized spacial score (nSPS) is 10.7. The molecule has 0 fully saturated rings. The summed E-state index contributed by atoms with van der Waals surface area (Å²) < 4.78 is 10.7. The van der Waals surface area contributed by atoms with Crippen molar-refractivity contribution < 1.29 is 14.3 Å². The molecule has 0 radical (unpaired) electrons. The second kappa shape index (κ2) is 6.58. The van der Waals surface area contributed by atoms with Crippen molar-refractivity contribution in [2.24, 2.45) is 0 Å². The molecular weight excluding hydrogens is 288 g/mol. The molecule has 0 aliphatic heterocycles. The van der Waals surface area contributed by atoms with Gasteiger partial charge in [0.1, 0.15) is 11.5 Å². The van der Waals surface area contributed by atoms with Crippen LogP contribution in [0.25, 0.3) is 0 Å². The Bertz CT molecular complexity index is 744. The topological polar surface area (TPSA) is 35.5 Å². The highest BCUT2D eigenvalue weighted by Crippen LogP contribution is 2.35. The third-order valence-electron chi connectivity index (χ3n) is 3.46. The molecule has 3 heteroatoms. The molecule has 0 aliphatic carbocycles. The second-order valence-corrected chi connectivity index (χ2v) is 6.22. The van der Waals surface area contributed by atoms with Crippen molar-refractivity contribution >= 4 is 5.97 Å². The number of ether oxygens (including phenoxy) is 2. The van der Waals surface area contributed by atoms with Gasteiger partial charge in [0.15, 0.2) is 0 Å². The van der Waals surface area contributed by atoms with E-state index in [1.165, 1.54) is 7.11 Å². The first kappa shape index (κ1) is 16.6. The van der Waals surface area contributed by atoms with Crippen LogP contribution in [-0.4, -0.2) is 13.1 Å². The summed E-state index contributed by atoms with van der Waals surface area (Å²) in [5.41, 5.74) is 2.23. The van der Waals surface area contributed by atoms with E-state index in [0.717, 1.165) is 16.9 Å². The van der Waals surface area contributed by atoms with Gasteiger partial charge in [-0.05, 0) is 41.8 Å². The first-order valence-corrected chi connectivity index (χ1v) is 7.32. The molecule has 0 atom stereocenters. The van der Waals surface area contributed by atoms with Crippen molar-refractivity contribution in [3.63, 3.8) is 0 Å². The van der Waals surface area contributed by atoms with E-state index < -0.39 is 0 Å². The van der Waals surface area contributed by atoms with Crippen LogP contribution in [0.3, 0.4) is 0 Å². The smallest absolute Gasteiger partial charge is 0.337 e. The first-order valence-electron chi connectivity index (χ1n) is 7.32. The molecule has 0 N–H and O–H groups in total. The average Bonchev–Trinajstić information content (AvgIpc) is 2.53. The zero-order chi connectivity index (χ0) is 17.0. The van der Waals surface area contributed by atoms with Gasteiger partial charge < -0.3 is 9.47 Å². The minimum absolute atomic E-state index is 0.0750. The molecule has 0 spiro atoms. The Hall–Kier alpha value is -2.73. The fourth-order valence-corrected chi connectivity index (χ4v) is 2.22. The summed E-state index contributed by atoms with van der Waals surface area (Å²) in [7, 11) is 1.35. The van der Waals surface area contributed by atoms with Gasteiger partial charge in [0.2, 0.25) is 0 Å². The molecule has 0 bridgehead atoms. The van der Waals surface area contributed by atoms with Gasteiger partial charge in [-0.2, -0.15) is 0 Å². The Balaban J connectivity index is 2.35. The lowest BCUT2D eigenvalue weighted by Crippen LogP contribution is -2.12. The number of benzene rings is 2. The van der Waals surface area contributed by atoms with Crippen LogP contribution in [0.4, 0.5) is 0 Å². The highest BCUT2D eigenvalue weighted by molar-refractivity contribution is 5.89. The average molecular weight is 308 g/mol. The lowest BCUT2D eigenvalue weighted by molar-refractivity contribution is 0.0600. The van der Waals surface area contributed by atoms with E-state index in [-0.39, 0.29) is 11.4 Å². The zero-order valence-corrected chi connectivity index (χ0v) is 13.8. The van der Waals surface area contributed by atoms with Crippen LogP contribution in [0.1, 0.15) is 42.3 Å². The van der Waals surface area contributed by atoms with E-state index in [9.17, 15) is 4.79 Å². The van der Waals surface area contributed by atoms with E-state index in [0.29, 0.717) is 11.3 Å². The molecule has 0 saturated heterocycles. The number of hydrogen-bond donors (Lipinski definition) is 0. The fourth-order valence-electron chi connectivity index (χ4n) is 2.22.